The fraction of sp³-hybridized carbons (Fsp3) is 0.571. The van der Waals surface area contributed by atoms with Gasteiger partial charge < -0.3 is 4.84 Å². The lowest BCUT2D eigenvalue weighted by Gasteiger charge is -2.17. The van der Waals surface area contributed by atoms with Crippen molar-refractivity contribution in [2.24, 2.45) is 15.6 Å². The van der Waals surface area contributed by atoms with Crippen LogP contribution in [-0.4, -0.2) is 11.8 Å². The topological polar surface area (TPSA) is 34.0 Å². The molecule has 0 fully saturated rings. The van der Waals surface area contributed by atoms with Gasteiger partial charge in [0.15, 0.2) is 0 Å². The fourth-order valence-corrected chi connectivity index (χ4v) is 0.535. The van der Waals surface area contributed by atoms with Gasteiger partial charge in [0.05, 0.1) is 6.20 Å². The summed E-state index contributed by atoms with van der Waals surface area (Å²) in [6.45, 7) is 6.04. The minimum absolute atomic E-state index is 0.0674. The molecule has 0 N–H and O–H groups in total. The first kappa shape index (κ1) is 7.03. The molecule has 0 bridgehead atoms. The smallest absolute Gasteiger partial charge is 0.231 e. The molecule has 0 aromatic carbocycles. The summed E-state index contributed by atoms with van der Waals surface area (Å²) in [5.74, 6) is 3.11. The predicted molar refractivity (Wildman–Crippen MR) is 40.0 cm³/mol. The standard InChI is InChI=1S/C7H10N2O/c1-7(2,3)6-8-4-5-9-10-6/h4H,1-3H3. The molecular weight excluding hydrogens is 128 g/mol. The molecule has 0 saturated carbocycles. The highest BCUT2D eigenvalue weighted by Gasteiger charge is 2.21. The van der Waals surface area contributed by atoms with Crippen molar-refractivity contribution in [1.29, 1.82) is 0 Å². The third-order valence-corrected chi connectivity index (χ3v) is 1.07. The Morgan fingerprint density at radius 2 is 2.20 bits per heavy atom. The first-order valence-electron chi connectivity index (χ1n) is 3.13. The molecule has 0 aliphatic carbocycles. The van der Waals surface area contributed by atoms with E-state index in [0.29, 0.717) is 5.90 Å². The van der Waals surface area contributed by atoms with Crippen LogP contribution in [0.2, 0.25) is 0 Å². The molecule has 0 aromatic rings. The van der Waals surface area contributed by atoms with Crippen molar-refractivity contribution in [2.45, 2.75) is 20.8 Å². The molecule has 54 valence electrons. The number of aliphatic imine (C=N–C) groups is 1. The molecular formula is C7H10N2O. The highest BCUT2D eigenvalue weighted by molar-refractivity contribution is 5.84. The van der Waals surface area contributed by atoms with E-state index in [1.807, 2.05) is 20.8 Å². The number of hydrogen-bond acceptors (Lipinski definition) is 3. The Balaban J connectivity index is 2.79. The van der Waals surface area contributed by atoms with Gasteiger partial charge in [-0.25, -0.2) is 4.99 Å². The lowest BCUT2D eigenvalue weighted by atomic mass is 9.97. The van der Waals surface area contributed by atoms with E-state index in [-0.39, 0.29) is 5.41 Å². The molecule has 3 nitrogen and oxygen atoms in total. The van der Waals surface area contributed by atoms with Crippen LogP contribution in [0.25, 0.3) is 0 Å². The molecule has 0 saturated heterocycles. The molecule has 1 aliphatic rings. The lowest BCUT2D eigenvalue weighted by Crippen LogP contribution is -2.22. The quantitative estimate of drug-likeness (QED) is 0.500. The molecule has 10 heavy (non-hydrogen) atoms. The van der Waals surface area contributed by atoms with Crippen LogP contribution in [0.1, 0.15) is 20.8 Å². The third-order valence-electron chi connectivity index (χ3n) is 1.07. The maximum atomic E-state index is 4.88. The van der Waals surface area contributed by atoms with Gasteiger partial charge in [0.1, 0.15) is 0 Å². The van der Waals surface area contributed by atoms with E-state index in [9.17, 15) is 0 Å². The monoisotopic (exact) mass is 138 g/mol. The molecule has 1 aliphatic heterocycles. The maximum Gasteiger partial charge on any atom is 0.231 e. The van der Waals surface area contributed by atoms with Gasteiger partial charge in [-0.15, -0.1) is 0 Å². The highest BCUT2D eigenvalue weighted by Crippen LogP contribution is 2.17. The summed E-state index contributed by atoms with van der Waals surface area (Å²) in [6.07, 6.45) is 1.50. The number of hydrogen-bond donors (Lipinski definition) is 0. The van der Waals surface area contributed by atoms with E-state index in [2.05, 4.69) is 16.0 Å². The summed E-state index contributed by atoms with van der Waals surface area (Å²) in [6, 6.07) is 0. The van der Waals surface area contributed by atoms with Crippen molar-refractivity contribution in [3.8, 4) is 0 Å². The van der Waals surface area contributed by atoms with Gasteiger partial charge in [-0.2, -0.15) is 0 Å². The van der Waals surface area contributed by atoms with E-state index < -0.39 is 0 Å². The van der Waals surface area contributed by atoms with Crippen molar-refractivity contribution in [1.82, 2.24) is 0 Å². The Morgan fingerprint density at radius 1 is 1.50 bits per heavy atom. The molecule has 0 aromatic heterocycles. The zero-order valence-corrected chi connectivity index (χ0v) is 6.38. The van der Waals surface area contributed by atoms with Gasteiger partial charge >= 0.3 is 0 Å². The van der Waals surface area contributed by atoms with Crippen LogP contribution in [0.15, 0.2) is 16.3 Å². The minimum atomic E-state index is -0.0674. The zero-order chi connectivity index (χ0) is 7.61. The van der Waals surface area contributed by atoms with Crippen LogP contribution in [0, 0.1) is 5.41 Å². The average molecular weight is 138 g/mol. The SMILES string of the molecule is CC(C)(C)C1=NC=C=NO1. The molecule has 1 rings (SSSR count). The Labute approximate surface area is 60.1 Å². The molecule has 3 heteroatoms. The Bertz CT molecular complexity index is 216. The normalized spacial score (nSPS) is 16.5. The molecule has 0 spiro atoms. The van der Waals surface area contributed by atoms with E-state index in [4.69, 9.17) is 4.84 Å². The van der Waals surface area contributed by atoms with Crippen LogP contribution in [0.3, 0.4) is 0 Å². The fourth-order valence-electron chi connectivity index (χ4n) is 0.535. The van der Waals surface area contributed by atoms with Crippen molar-refractivity contribution in [3.63, 3.8) is 0 Å². The second-order valence-electron chi connectivity index (χ2n) is 3.13. The zero-order valence-electron chi connectivity index (χ0n) is 6.38. The number of rotatable bonds is 0. The van der Waals surface area contributed by atoms with Crippen molar-refractivity contribution < 1.29 is 4.84 Å². The van der Waals surface area contributed by atoms with Crippen LogP contribution < -0.4 is 0 Å². The van der Waals surface area contributed by atoms with Gasteiger partial charge in [0.25, 0.3) is 0 Å². The molecule has 0 unspecified atom stereocenters. The Kier molecular flexibility index (Phi) is 1.60. The average Bonchev–Trinajstić information content (AvgIpc) is 1.88. The summed E-state index contributed by atoms with van der Waals surface area (Å²) in [5.41, 5.74) is -0.0674. The summed E-state index contributed by atoms with van der Waals surface area (Å²) in [4.78, 5) is 8.84. The molecule has 0 atom stereocenters. The predicted octanol–water partition coefficient (Wildman–Crippen LogP) is 1.56. The largest absolute Gasteiger partial charge is 0.332 e. The first-order chi connectivity index (χ1) is 4.61. The second kappa shape index (κ2) is 2.27. The summed E-state index contributed by atoms with van der Waals surface area (Å²) in [7, 11) is 0. The summed E-state index contributed by atoms with van der Waals surface area (Å²) < 4.78 is 0. The van der Waals surface area contributed by atoms with Gasteiger partial charge in [-0.05, 0) is 5.16 Å². The van der Waals surface area contributed by atoms with E-state index >= 15 is 0 Å². The lowest BCUT2D eigenvalue weighted by molar-refractivity contribution is 0.280. The van der Waals surface area contributed by atoms with Crippen molar-refractivity contribution in [3.05, 3.63) is 6.20 Å². The van der Waals surface area contributed by atoms with E-state index in [1.54, 1.807) is 0 Å². The van der Waals surface area contributed by atoms with Crippen LogP contribution in [0.5, 0.6) is 0 Å². The van der Waals surface area contributed by atoms with Crippen LogP contribution >= 0.6 is 0 Å². The Morgan fingerprint density at radius 3 is 2.50 bits per heavy atom. The summed E-state index contributed by atoms with van der Waals surface area (Å²) >= 11 is 0. The summed E-state index contributed by atoms with van der Waals surface area (Å²) in [5, 5.41) is 3.49. The minimum Gasteiger partial charge on any atom is -0.332 e. The maximum absolute atomic E-state index is 4.88. The van der Waals surface area contributed by atoms with Gasteiger partial charge in [-0.1, -0.05) is 20.8 Å². The molecule has 1 heterocycles. The second-order valence-corrected chi connectivity index (χ2v) is 3.13. The molecule has 0 radical (unpaired) electrons. The van der Waals surface area contributed by atoms with Crippen molar-refractivity contribution in [2.75, 3.05) is 0 Å². The van der Waals surface area contributed by atoms with Gasteiger partial charge in [-0.3, -0.25) is 0 Å². The first-order valence-corrected chi connectivity index (χ1v) is 3.13. The van der Waals surface area contributed by atoms with Crippen LogP contribution in [-0.2, 0) is 4.84 Å². The van der Waals surface area contributed by atoms with Gasteiger partial charge in [0.2, 0.25) is 5.90 Å². The highest BCUT2D eigenvalue weighted by atomic mass is 16.6. The van der Waals surface area contributed by atoms with Crippen molar-refractivity contribution >= 4 is 11.8 Å². The Hall–Kier alpha value is -1.08. The third kappa shape index (κ3) is 1.45. The van der Waals surface area contributed by atoms with Crippen LogP contribution in [0.4, 0.5) is 0 Å². The molecule has 0 amide bonds. The number of nitrogens with zero attached hydrogens (tertiary/aromatic N) is 2. The van der Waals surface area contributed by atoms with Gasteiger partial charge in [0, 0.05) is 11.3 Å². The van der Waals surface area contributed by atoms with E-state index in [0.717, 1.165) is 0 Å². The van der Waals surface area contributed by atoms with E-state index in [1.165, 1.54) is 6.20 Å².